The summed E-state index contributed by atoms with van der Waals surface area (Å²) in [5.74, 6) is 0. The molecule has 0 saturated heterocycles. The number of benzene rings is 1. The average Bonchev–Trinajstić information content (AvgIpc) is 2.15. The summed E-state index contributed by atoms with van der Waals surface area (Å²) in [5, 5.41) is 19.2. The van der Waals surface area contributed by atoms with E-state index < -0.39 is 24.6 Å². The number of nitro groups is 1. The largest absolute Gasteiger partial charge is 0.290 e. The SMILES string of the molecule is N#Cc1cc([N+](=O)[O-])c(S(=O)(=O)Cl)cc1S. The van der Waals surface area contributed by atoms with E-state index in [0.29, 0.717) is 0 Å². The number of rotatable bonds is 2. The summed E-state index contributed by atoms with van der Waals surface area (Å²) in [6.07, 6.45) is 0. The Morgan fingerprint density at radius 2 is 2.06 bits per heavy atom. The molecule has 9 heteroatoms. The van der Waals surface area contributed by atoms with E-state index in [4.69, 9.17) is 15.9 Å². The lowest BCUT2D eigenvalue weighted by Crippen LogP contribution is -2.00. The van der Waals surface area contributed by atoms with Gasteiger partial charge in [-0.1, -0.05) is 0 Å². The summed E-state index contributed by atoms with van der Waals surface area (Å²) in [5.41, 5.74) is -0.844. The first kappa shape index (κ1) is 12.8. The molecule has 0 radical (unpaired) electrons. The fourth-order valence-electron chi connectivity index (χ4n) is 0.985. The van der Waals surface area contributed by atoms with Gasteiger partial charge in [-0.2, -0.15) is 5.26 Å². The molecule has 1 aromatic rings. The van der Waals surface area contributed by atoms with Crippen LogP contribution in [0, 0.1) is 21.4 Å². The van der Waals surface area contributed by atoms with Crippen molar-refractivity contribution in [2.75, 3.05) is 0 Å². The van der Waals surface area contributed by atoms with Gasteiger partial charge in [0.05, 0.1) is 10.5 Å². The molecule has 0 aromatic heterocycles. The van der Waals surface area contributed by atoms with Gasteiger partial charge in [-0.25, -0.2) is 8.42 Å². The van der Waals surface area contributed by atoms with Crippen LogP contribution in [-0.4, -0.2) is 13.3 Å². The molecule has 0 bridgehead atoms. The second kappa shape index (κ2) is 4.29. The Labute approximate surface area is 100 Å². The Bertz CT molecular complexity index is 606. The van der Waals surface area contributed by atoms with Crippen LogP contribution < -0.4 is 0 Å². The van der Waals surface area contributed by atoms with Gasteiger partial charge in [-0.15, -0.1) is 12.6 Å². The maximum Gasteiger partial charge on any atom is 0.290 e. The van der Waals surface area contributed by atoms with Crippen molar-refractivity contribution in [3.63, 3.8) is 0 Å². The Balaban J connectivity index is 3.70. The zero-order valence-corrected chi connectivity index (χ0v) is 9.88. The maximum absolute atomic E-state index is 11.1. The van der Waals surface area contributed by atoms with Crippen molar-refractivity contribution in [2.24, 2.45) is 0 Å². The number of nitrogens with zero attached hydrogens (tertiary/aromatic N) is 2. The van der Waals surface area contributed by atoms with Gasteiger partial charge in [0.2, 0.25) is 0 Å². The fourth-order valence-corrected chi connectivity index (χ4v) is 2.33. The highest BCUT2D eigenvalue weighted by molar-refractivity contribution is 8.13. The second-order valence-corrected chi connectivity index (χ2v) is 5.66. The molecule has 0 aliphatic heterocycles. The topological polar surface area (TPSA) is 101 Å². The van der Waals surface area contributed by atoms with Gasteiger partial charge in [0.15, 0.2) is 4.90 Å². The fraction of sp³-hybridized carbons (Fsp3) is 0. The van der Waals surface area contributed by atoms with E-state index in [9.17, 15) is 18.5 Å². The van der Waals surface area contributed by atoms with Crippen molar-refractivity contribution < 1.29 is 13.3 Å². The van der Waals surface area contributed by atoms with Crippen molar-refractivity contribution in [3.8, 4) is 6.07 Å². The normalized spacial score (nSPS) is 10.8. The molecular formula is C7H3ClN2O4S2. The smallest absolute Gasteiger partial charge is 0.258 e. The third-order valence-electron chi connectivity index (χ3n) is 1.66. The number of thiol groups is 1. The lowest BCUT2D eigenvalue weighted by atomic mass is 10.2. The molecule has 0 saturated carbocycles. The van der Waals surface area contributed by atoms with Crippen molar-refractivity contribution >= 4 is 38.0 Å². The first-order chi connectivity index (χ1) is 7.27. The first-order valence-corrected chi connectivity index (χ1v) is 6.39. The van der Waals surface area contributed by atoms with E-state index >= 15 is 0 Å². The second-order valence-electron chi connectivity index (χ2n) is 2.64. The van der Waals surface area contributed by atoms with Crippen LogP contribution >= 0.6 is 23.3 Å². The van der Waals surface area contributed by atoms with E-state index in [1.54, 1.807) is 6.07 Å². The van der Waals surface area contributed by atoms with E-state index in [0.717, 1.165) is 12.1 Å². The third-order valence-corrected chi connectivity index (χ3v) is 3.38. The summed E-state index contributed by atoms with van der Waals surface area (Å²) in [4.78, 5) is 9.00. The molecule has 0 atom stereocenters. The van der Waals surface area contributed by atoms with Crippen molar-refractivity contribution in [1.82, 2.24) is 0 Å². The number of hydrogen-bond donors (Lipinski definition) is 1. The number of nitro benzene ring substituents is 1. The van der Waals surface area contributed by atoms with Crippen molar-refractivity contribution in [3.05, 3.63) is 27.8 Å². The highest BCUT2D eigenvalue weighted by Crippen LogP contribution is 2.31. The summed E-state index contributed by atoms with van der Waals surface area (Å²) >= 11 is 3.83. The average molecular weight is 279 g/mol. The molecule has 1 aromatic carbocycles. The van der Waals surface area contributed by atoms with Crippen LogP contribution in [-0.2, 0) is 9.05 Å². The molecule has 0 unspecified atom stereocenters. The lowest BCUT2D eigenvalue weighted by Gasteiger charge is -2.01. The van der Waals surface area contributed by atoms with E-state index in [-0.39, 0.29) is 10.5 Å². The number of halogens is 1. The standard InChI is InChI=1S/C7H3ClN2O4S2/c8-16(13,14)7-2-6(15)4(3-9)1-5(7)10(11)12/h1-2,15H. The lowest BCUT2D eigenvalue weighted by molar-refractivity contribution is -0.387. The first-order valence-electron chi connectivity index (χ1n) is 3.63. The molecule has 0 heterocycles. The Kier molecular flexibility index (Phi) is 3.42. The van der Waals surface area contributed by atoms with E-state index in [2.05, 4.69) is 12.6 Å². The summed E-state index contributed by atoms with van der Waals surface area (Å²) in [7, 11) is 0.772. The quantitative estimate of drug-likeness (QED) is 0.384. The minimum Gasteiger partial charge on any atom is -0.258 e. The van der Waals surface area contributed by atoms with Crippen LogP contribution in [0.15, 0.2) is 21.9 Å². The van der Waals surface area contributed by atoms with Crippen LogP contribution in [0.3, 0.4) is 0 Å². The van der Waals surface area contributed by atoms with Crippen LogP contribution in [0.1, 0.15) is 5.56 Å². The third kappa shape index (κ3) is 2.44. The van der Waals surface area contributed by atoms with Gasteiger partial charge in [-0.05, 0) is 6.07 Å². The Hall–Kier alpha value is -1.30. The van der Waals surface area contributed by atoms with Gasteiger partial charge < -0.3 is 0 Å². The predicted molar refractivity (Wildman–Crippen MR) is 58.1 cm³/mol. The minimum absolute atomic E-state index is 0.00678. The molecule has 0 aliphatic rings. The molecule has 6 nitrogen and oxygen atoms in total. The summed E-state index contributed by atoms with van der Waals surface area (Å²) in [6.45, 7) is 0. The number of nitriles is 1. The summed E-state index contributed by atoms with van der Waals surface area (Å²) < 4.78 is 22.1. The number of hydrogen-bond acceptors (Lipinski definition) is 6. The van der Waals surface area contributed by atoms with Gasteiger partial charge in [-0.3, -0.25) is 10.1 Å². The molecule has 84 valence electrons. The van der Waals surface area contributed by atoms with Crippen LogP contribution in [0.5, 0.6) is 0 Å². The van der Waals surface area contributed by atoms with Crippen LogP contribution in [0.25, 0.3) is 0 Å². The molecule has 0 spiro atoms. The zero-order chi connectivity index (χ0) is 12.5. The van der Waals surface area contributed by atoms with Gasteiger partial charge in [0.1, 0.15) is 6.07 Å². The van der Waals surface area contributed by atoms with E-state index in [1.165, 1.54) is 0 Å². The molecule has 0 fully saturated rings. The van der Waals surface area contributed by atoms with Gasteiger partial charge in [0.25, 0.3) is 14.7 Å². The van der Waals surface area contributed by atoms with Crippen molar-refractivity contribution in [2.45, 2.75) is 9.79 Å². The predicted octanol–water partition coefficient (Wildman–Crippen LogP) is 1.68. The zero-order valence-electron chi connectivity index (χ0n) is 7.42. The highest BCUT2D eigenvalue weighted by atomic mass is 35.7. The minimum atomic E-state index is -4.25. The summed E-state index contributed by atoms with van der Waals surface area (Å²) in [6, 6.07) is 3.34. The Morgan fingerprint density at radius 1 is 1.50 bits per heavy atom. The molecule has 16 heavy (non-hydrogen) atoms. The monoisotopic (exact) mass is 278 g/mol. The molecule has 0 amide bonds. The van der Waals surface area contributed by atoms with Gasteiger partial charge >= 0.3 is 0 Å². The highest BCUT2D eigenvalue weighted by Gasteiger charge is 2.25. The maximum atomic E-state index is 11.1. The van der Waals surface area contributed by atoms with E-state index in [1.807, 2.05) is 0 Å². The van der Waals surface area contributed by atoms with Crippen LogP contribution in [0.4, 0.5) is 5.69 Å². The molecule has 0 N–H and O–H groups in total. The van der Waals surface area contributed by atoms with Gasteiger partial charge in [0, 0.05) is 21.6 Å². The van der Waals surface area contributed by atoms with Crippen molar-refractivity contribution in [1.29, 1.82) is 5.26 Å². The molecule has 1 rings (SSSR count). The molecular weight excluding hydrogens is 276 g/mol. The Morgan fingerprint density at radius 3 is 2.44 bits per heavy atom. The molecule has 0 aliphatic carbocycles. The van der Waals surface area contributed by atoms with Crippen LogP contribution in [0.2, 0.25) is 0 Å².